The van der Waals surface area contributed by atoms with Crippen molar-refractivity contribution < 1.29 is 27.7 Å². The molecule has 0 aliphatic rings. The molecule has 0 unspecified atom stereocenters. The zero-order valence-electron chi connectivity index (χ0n) is 12.2. The van der Waals surface area contributed by atoms with Crippen molar-refractivity contribution in [3.05, 3.63) is 18.4 Å². The summed E-state index contributed by atoms with van der Waals surface area (Å²) in [6.07, 6.45) is 1.62. The van der Waals surface area contributed by atoms with Gasteiger partial charge in [-0.15, -0.1) is 0 Å². The van der Waals surface area contributed by atoms with Gasteiger partial charge in [-0.25, -0.2) is 0 Å². The molecule has 1 aromatic heterocycles. The van der Waals surface area contributed by atoms with E-state index in [-0.39, 0.29) is 18.9 Å². The molecule has 0 amide bonds. The fourth-order valence-corrected chi connectivity index (χ4v) is 7.93. The van der Waals surface area contributed by atoms with E-state index >= 15 is 0 Å². The minimum atomic E-state index is -1.86. The molecule has 0 aliphatic carbocycles. The average molecular weight is 246 g/mol. The summed E-state index contributed by atoms with van der Waals surface area (Å²) in [4.78, 5) is 0. The van der Waals surface area contributed by atoms with Crippen LogP contribution >= 0.6 is 0 Å². The first-order valence-corrected chi connectivity index (χ1v) is 8.19. The van der Waals surface area contributed by atoms with Crippen molar-refractivity contribution in [2.24, 2.45) is 0 Å². The van der Waals surface area contributed by atoms with Gasteiger partial charge in [0.15, 0.2) is 5.95 Å². The fraction of sp³-hybridized carbons (Fsp3) is 0.692. The topological polar surface area (TPSA) is 22.4 Å². The van der Waals surface area contributed by atoms with Gasteiger partial charge in [0.05, 0.1) is 0 Å². The minimum absolute atomic E-state index is 0. The number of hydrogen-bond donors (Lipinski definition) is 0. The van der Waals surface area contributed by atoms with E-state index in [0.717, 1.165) is 0 Å². The van der Waals surface area contributed by atoms with Crippen molar-refractivity contribution in [3.8, 4) is 5.95 Å². The monoisotopic (exact) mass is 246 g/mol. The van der Waals surface area contributed by atoms with E-state index in [9.17, 15) is 0 Å². The Balaban J connectivity index is 0.00000256. The summed E-state index contributed by atoms with van der Waals surface area (Å²) in [6, 6.07) is 4.76. The van der Waals surface area contributed by atoms with E-state index in [1.807, 2.05) is 0 Å². The van der Waals surface area contributed by atoms with Gasteiger partial charge >= 0.3 is 18.9 Å². The molecule has 0 atom stereocenters. The molecular formula is C13H23LiO2Si. The van der Waals surface area contributed by atoms with Crippen LogP contribution < -0.4 is 23.3 Å². The van der Waals surface area contributed by atoms with Crippen LogP contribution in [0.2, 0.25) is 16.6 Å². The Morgan fingerprint density at radius 3 is 1.82 bits per heavy atom. The summed E-state index contributed by atoms with van der Waals surface area (Å²) in [6.45, 7) is 13.6. The Hall–Kier alpha value is -0.106. The summed E-state index contributed by atoms with van der Waals surface area (Å²) in [5.41, 5.74) is 1.68. The Kier molecular flexibility index (Phi) is 6.69. The van der Waals surface area contributed by atoms with Crippen LogP contribution in [0.1, 0.15) is 41.5 Å². The summed E-state index contributed by atoms with van der Waals surface area (Å²) < 4.78 is 11.5. The summed E-state index contributed by atoms with van der Waals surface area (Å²) in [7, 11) is -1.86. The van der Waals surface area contributed by atoms with E-state index in [2.05, 4.69) is 47.6 Å². The molecule has 2 nitrogen and oxygen atoms in total. The third-order valence-electron chi connectivity index (χ3n) is 3.42. The molecule has 1 rings (SSSR count). The molecule has 0 N–H and O–H groups in total. The van der Waals surface area contributed by atoms with Crippen LogP contribution in [0.4, 0.5) is 0 Å². The summed E-state index contributed by atoms with van der Waals surface area (Å²) in [5.74, 6) is 0.558. The SMILES string of the molecule is CC(C)[Si](Oc1[c-]cco1)(C(C)C)C(C)C.[Li+]. The molecule has 0 radical (unpaired) electrons. The van der Waals surface area contributed by atoms with Gasteiger partial charge < -0.3 is 8.84 Å². The molecule has 1 aromatic rings. The predicted molar refractivity (Wildman–Crippen MR) is 69.2 cm³/mol. The summed E-state index contributed by atoms with van der Waals surface area (Å²) in [5, 5.41) is 0. The Labute approximate surface area is 118 Å². The van der Waals surface area contributed by atoms with Crippen molar-refractivity contribution in [2.75, 3.05) is 0 Å². The first-order chi connectivity index (χ1) is 7.41. The van der Waals surface area contributed by atoms with E-state index in [1.54, 1.807) is 12.3 Å². The standard InChI is InChI=1S/C13H23O2Si.Li/c1-10(2)16(11(3)4,12(5)6)15-13-8-7-9-14-13;/h7,9-12H,1-6H3;/q-1;+1. The molecule has 92 valence electrons. The van der Waals surface area contributed by atoms with Crippen LogP contribution in [0.15, 0.2) is 16.7 Å². The minimum Gasteiger partial charge on any atom is -0.543 e. The van der Waals surface area contributed by atoms with Crippen LogP contribution in [0.3, 0.4) is 0 Å². The van der Waals surface area contributed by atoms with Crippen LogP contribution in [0.25, 0.3) is 0 Å². The molecule has 0 spiro atoms. The normalized spacial score (nSPS) is 12.1. The largest absolute Gasteiger partial charge is 1.00 e. The van der Waals surface area contributed by atoms with Crippen LogP contribution in [-0.4, -0.2) is 8.32 Å². The van der Waals surface area contributed by atoms with Gasteiger partial charge in [-0.05, 0) is 16.6 Å². The third-order valence-corrected chi connectivity index (χ3v) is 9.37. The van der Waals surface area contributed by atoms with Gasteiger partial charge in [0.1, 0.15) is 0 Å². The quantitative estimate of drug-likeness (QED) is 0.582. The van der Waals surface area contributed by atoms with Crippen molar-refractivity contribution in [1.82, 2.24) is 0 Å². The van der Waals surface area contributed by atoms with Crippen molar-refractivity contribution in [1.29, 1.82) is 0 Å². The van der Waals surface area contributed by atoms with Gasteiger partial charge in [0, 0.05) is 0 Å². The number of furan rings is 1. The maximum absolute atomic E-state index is 6.24. The summed E-state index contributed by atoms with van der Waals surface area (Å²) >= 11 is 0. The predicted octanol–water partition coefficient (Wildman–Crippen LogP) is 1.64. The van der Waals surface area contributed by atoms with Gasteiger partial charge in [0.2, 0.25) is 0 Å². The van der Waals surface area contributed by atoms with E-state index < -0.39 is 8.32 Å². The van der Waals surface area contributed by atoms with Crippen molar-refractivity contribution >= 4 is 8.32 Å². The molecular weight excluding hydrogens is 223 g/mol. The van der Waals surface area contributed by atoms with Gasteiger partial charge in [-0.1, -0.05) is 47.8 Å². The second-order valence-electron chi connectivity index (χ2n) is 5.27. The second kappa shape index (κ2) is 6.73. The van der Waals surface area contributed by atoms with Gasteiger partial charge in [0.25, 0.3) is 8.32 Å². The number of rotatable bonds is 5. The van der Waals surface area contributed by atoms with Crippen LogP contribution in [0.5, 0.6) is 5.95 Å². The molecule has 0 fully saturated rings. The first-order valence-electron chi connectivity index (χ1n) is 6.05. The van der Waals surface area contributed by atoms with E-state index in [4.69, 9.17) is 8.84 Å². The van der Waals surface area contributed by atoms with E-state index in [0.29, 0.717) is 22.6 Å². The number of hydrogen-bond acceptors (Lipinski definition) is 2. The van der Waals surface area contributed by atoms with E-state index in [1.165, 1.54) is 0 Å². The maximum atomic E-state index is 6.24. The maximum Gasteiger partial charge on any atom is 1.00 e. The van der Waals surface area contributed by atoms with Crippen molar-refractivity contribution in [3.63, 3.8) is 0 Å². The Morgan fingerprint density at radius 1 is 1.06 bits per heavy atom. The zero-order valence-corrected chi connectivity index (χ0v) is 13.2. The first kappa shape index (κ1) is 16.9. The van der Waals surface area contributed by atoms with Crippen LogP contribution in [-0.2, 0) is 0 Å². The second-order valence-corrected chi connectivity index (χ2v) is 10.6. The Bertz CT molecular complexity index is 285. The molecule has 0 saturated heterocycles. The molecule has 0 aliphatic heterocycles. The smallest absolute Gasteiger partial charge is 0.543 e. The Morgan fingerprint density at radius 2 is 1.53 bits per heavy atom. The molecule has 0 saturated carbocycles. The van der Waals surface area contributed by atoms with Crippen molar-refractivity contribution in [2.45, 2.75) is 58.2 Å². The average Bonchev–Trinajstić information content (AvgIpc) is 2.64. The molecule has 17 heavy (non-hydrogen) atoms. The van der Waals surface area contributed by atoms with Gasteiger partial charge in [-0.3, -0.25) is 0 Å². The van der Waals surface area contributed by atoms with Gasteiger partial charge in [-0.2, -0.15) is 12.1 Å². The van der Waals surface area contributed by atoms with Crippen LogP contribution in [0, 0.1) is 6.07 Å². The molecule has 0 bridgehead atoms. The molecule has 1 heterocycles. The fourth-order valence-electron chi connectivity index (χ4n) is 2.80. The zero-order chi connectivity index (χ0) is 12.3. The molecule has 4 heteroatoms. The molecule has 0 aromatic carbocycles. The third kappa shape index (κ3) is 3.43.